The molecule has 1 aromatic heterocycles. The first kappa shape index (κ1) is 14.9. The Kier molecular flexibility index (Phi) is 4.97. The lowest BCUT2D eigenvalue weighted by Crippen LogP contribution is -2.38. The van der Waals surface area contributed by atoms with Crippen molar-refractivity contribution < 1.29 is 9.47 Å². The normalized spacial score (nSPS) is 18.3. The Morgan fingerprint density at radius 1 is 1.37 bits per heavy atom. The van der Waals surface area contributed by atoms with Gasteiger partial charge in [0.05, 0.1) is 9.26 Å². The van der Waals surface area contributed by atoms with E-state index in [0.717, 1.165) is 33.7 Å². The molecule has 0 bridgehead atoms. The van der Waals surface area contributed by atoms with Gasteiger partial charge in [0.25, 0.3) is 0 Å². The minimum absolute atomic E-state index is 0.395. The van der Waals surface area contributed by atoms with Gasteiger partial charge in [-0.2, -0.15) is 0 Å². The largest absolute Gasteiger partial charge is 0.381 e. The summed E-state index contributed by atoms with van der Waals surface area (Å²) in [6, 6.07) is 0. The van der Waals surface area contributed by atoms with Crippen molar-refractivity contribution in [3.05, 3.63) is 15.1 Å². The highest BCUT2D eigenvalue weighted by Crippen LogP contribution is 2.35. The number of halogens is 1. The number of hydrogen-bond donors (Lipinski definition) is 1. The summed E-state index contributed by atoms with van der Waals surface area (Å²) in [6.45, 7) is 6.07. The molecule has 0 atom stereocenters. The minimum Gasteiger partial charge on any atom is -0.381 e. The Bertz CT molecular complexity index is 442. The summed E-state index contributed by atoms with van der Waals surface area (Å²) >= 11 is 2.27. The minimum atomic E-state index is -0.395. The van der Waals surface area contributed by atoms with E-state index in [-0.39, 0.29) is 0 Å². The second-order valence-corrected chi connectivity index (χ2v) is 5.66. The van der Waals surface area contributed by atoms with Crippen molar-refractivity contribution >= 4 is 28.4 Å². The summed E-state index contributed by atoms with van der Waals surface area (Å²) < 4.78 is 12.5. The van der Waals surface area contributed by atoms with E-state index in [4.69, 9.17) is 9.47 Å². The molecular weight excluding hydrogens is 357 g/mol. The lowest BCUT2D eigenvalue weighted by atomic mass is 9.92. The third-order valence-corrected chi connectivity index (χ3v) is 4.67. The molecule has 1 fully saturated rings. The molecule has 0 radical (unpaired) electrons. The number of nitrogens with zero attached hydrogens (tertiary/aromatic N) is 2. The van der Waals surface area contributed by atoms with Crippen molar-refractivity contribution in [3.8, 4) is 0 Å². The summed E-state index contributed by atoms with van der Waals surface area (Å²) in [6.07, 6.45) is 1.62. The molecule has 5 nitrogen and oxygen atoms in total. The van der Waals surface area contributed by atoms with E-state index in [2.05, 4.69) is 37.9 Å². The Balaban J connectivity index is 2.44. The van der Waals surface area contributed by atoms with E-state index in [1.165, 1.54) is 0 Å². The summed E-state index contributed by atoms with van der Waals surface area (Å²) in [5.74, 6) is 1.65. The van der Waals surface area contributed by atoms with Crippen molar-refractivity contribution in [1.82, 2.24) is 9.97 Å². The van der Waals surface area contributed by atoms with Gasteiger partial charge >= 0.3 is 0 Å². The van der Waals surface area contributed by atoms with Crippen LogP contribution >= 0.6 is 22.6 Å². The first-order valence-electron chi connectivity index (χ1n) is 6.57. The average Bonchev–Trinajstić information content (AvgIpc) is 2.43. The molecule has 19 heavy (non-hydrogen) atoms. The standard InChI is InChI=1S/C13H20IN3O2/c1-4-19-13(5-7-18-8-6-13)12-16-9(2)10(14)11(15-3)17-12/h4-8H2,1-3H3,(H,15,16,17). The number of anilines is 1. The van der Waals surface area contributed by atoms with E-state index < -0.39 is 5.60 Å². The number of hydrogen-bond acceptors (Lipinski definition) is 5. The van der Waals surface area contributed by atoms with Crippen LogP contribution in [0.3, 0.4) is 0 Å². The first-order valence-corrected chi connectivity index (χ1v) is 7.65. The molecule has 0 aromatic carbocycles. The average molecular weight is 377 g/mol. The highest BCUT2D eigenvalue weighted by molar-refractivity contribution is 14.1. The number of aromatic nitrogens is 2. The Labute approximate surface area is 127 Å². The summed E-state index contributed by atoms with van der Waals surface area (Å²) in [5, 5.41) is 3.13. The molecule has 6 heteroatoms. The van der Waals surface area contributed by atoms with Gasteiger partial charge in [0, 0.05) is 39.7 Å². The van der Waals surface area contributed by atoms with E-state index in [0.29, 0.717) is 19.8 Å². The quantitative estimate of drug-likeness (QED) is 0.818. The zero-order chi connectivity index (χ0) is 13.9. The van der Waals surface area contributed by atoms with Crippen molar-refractivity contribution in [3.63, 3.8) is 0 Å². The molecule has 2 heterocycles. The van der Waals surface area contributed by atoms with Gasteiger partial charge in [-0.15, -0.1) is 0 Å². The highest BCUT2D eigenvalue weighted by Gasteiger charge is 2.38. The van der Waals surface area contributed by atoms with Crippen LogP contribution in [0.25, 0.3) is 0 Å². The summed E-state index contributed by atoms with van der Waals surface area (Å²) in [7, 11) is 1.88. The fraction of sp³-hybridized carbons (Fsp3) is 0.692. The van der Waals surface area contributed by atoms with Crippen LogP contribution in [0.1, 0.15) is 31.3 Å². The Hall–Kier alpha value is -0.470. The predicted molar refractivity (Wildman–Crippen MR) is 82.4 cm³/mol. The van der Waals surface area contributed by atoms with Gasteiger partial charge in [-0.3, -0.25) is 0 Å². The van der Waals surface area contributed by atoms with Crippen LogP contribution in [-0.2, 0) is 15.1 Å². The monoisotopic (exact) mass is 377 g/mol. The predicted octanol–water partition coefficient (Wildman–Crippen LogP) is 2.47. The van der Waals surface area contributed by atoms with Gasteiger partial charge in [-0.05, 0) is 36.4 Å². The SMILES string of the molecule is CCOC1(c2nc(C)c(I)c(NC)n2)CCOCC1. The van der Waals surface area contributed by atoms with Crippen LogP contribution in [0.4, 0.5) is 5.82 Å². The first-order chi connectivity index (χ1) is 9.13. The topological polar surface area (TPSA) is 56.3 Å². The maximum atomic E-state index is 6.02. The lowest BCUT2D eigenvalue weighted by Gasteiger charge is -2.35. The highest BCUT2D eigenvalue weighted by atomic mass is 127. The fourth-order valence-corrected chi connectivity index (χ4v) is 2.85. The molecule has 1 saturated heterocycles. The molecule has 0 unspecified atom stereocenters. The molecule has 1 N–H and O–H groups in total. The molecule has 0 saturated carbocycles. The van der Waals surface area contributed by atoms with Crippen LogP contribution in [0.15, 0.2) is 0 Å². The molecular formula is C13H20IN3O2. The number of aryl methyl sites for hydroxylation is 1. The number of rotatable bonds is 4. The van der Waals surface area contributed by atoms with Gasteiger partial charge in [0.15, 0.2) is 5.82 Å². The van der Waals surface area contributed by atoms with Crippen molar-refractivity contribution in [2.45, 2.75) is 32.3 Å². The zero-order valence-electron chi connectivity index (χ0n) is 11.6. The van der Waals surface area contributed by atoms with E-state index >= 15 is 0 Å². The number of ether oxygens (including phenoxy) is 2. The van der Waals surface area contributed by atoms with Gasteiger partial charge in [0.2, 0.25) is 0 Å². The maximum absolute atomic E-state index is 6.02. The molecule has 0 amide bonds. The van der Waals surface area contributed by atoms with Gasteiger partial charge in [-0.1, -0.05) is 0 Å². The smallest absolute Gasteiger partial charge is 0.163 e. The molecule has 0 spiro atoms. The Morgan fingerprint density at radius 2 is 2.05 bits per heavy atom. The molecule has 0 aliphatic carbocycles. The molecule has 1 aliphatic rings. The van der Waals surface area contributed by atoms with E-state index in [9.17, 15) is 0 Å². The third kappa shape index (κ3) is 3.00. The molecule has 1 aromatic rings. The lowest BCUT2D eigenvalue weighted by molar-refractivity contribution is -0.117. The molecule has 106 valence electrons. The van der Waals surface area contributed by atoms with E-state index in [1.807, 2.05) is 20.9 Å². The second kappa shape index (κ2) is 6.32. The van der Waals surface area contributed by atoms with Crippen molar-refractivity contribution in [1.29, 1.82) is 0 Å². The second-order valence-electron chi connectivity index (χ2n) is 4.58. The van der Waals surface area contributed by atoms with Crippen LogP contribution in [-0.4, -0.2) is 36.8 Å². The van der Waals surface area contributed by atoms with Gasteiger partial charge in [-0.25, -0.2) is 9.97 Å². The van der Waals surface area contributed by atoms with Gasteiger partial charge in [0.1, 0.15) is 11.4 Å². The molecule has 1 aliphatic heterocycles. The Morgan fingerprint density at radius 3 is 2.63 bits per heavy atom. The van der Waals surface area contributed by atoms with Crippen LogP contribution in [0.5, 0.6) is 0 Å². The van der Waals surface area contributed by atoms with Crippen molar-refractivity contribution in [2.75, 3.05) is 32.2 Å². The summed E-state index contributed by atoms with van der Waals surface area (Å²) in [4.78, 5) is 9.31. The van der Waals surface area contributed by atoms with Crippen LogP contribution in [0, 0.1) is 10.5 Å². The third-order valence-electron chi connectivity index (χ3n) is 3.38. The number of nitrogens with one attached hydrogen (secondary N) is 1. The molecule has 2 rings (SSSR count). The van der Waals surface area contributed by atoms with E-state index in [1.54, 1.807) is 0 Å². The fourth-order valence-electron chi connectivity index (χ4n) is 2.34. The van der Waals surface area contributed by atoms with Crippen LogP contribution < -0.4 is 5.32 Å². The zero-order valence-corrected chi connectivity index (χ0v) is 13.8. The maximum Gasteiger partial charge on any atom is 0.163 e. The summed E-state index contributed by atoms with van der Waals surface area (Å²) in [5.41, 5.74) is 0.591. The van der Waals surface area contributed by atoms with Crippen molar-refractivity contribution in [2.24, 2.45) is 0 Å². The van der Waals surface area contributed by atoms with Crippen LogP contribution in [0.2, 0.25) is 0 Å². The van der Waals surface area contributed by atoms with Gasteiger partial charge < -0.3 is 14.8 Å².